The Bertz CT molecular complexity index is 485. The van der Waals surface area contributed by atoms with Gasteiger partial charge in [0.05, 0.1) is 5.75 Å². The minimum absolute atomic E-state index is 0.0527. The molecule has 6 heteroatoms. The smallest absolute Gasteiger partial charge is 0.421 e. The van der Waals surface area contributed by atoms with Crippen LogP contribution in [0.4, 0.5) is 4.79 Å². The maximum Gasteiger partial charge on any atom is 0.421 e. The topological polar surface area (TPSA) is 72.5 Å². The fourth-order valence-electron chi connectivity index (χ4n) is 1.47. The van der Waals surface area contributed by atoms with Crippen molar-refractivity contribution >= 4 is 16.1 Å². The second-order valence-corrected chi connectivity index (χ2v) is 6.03. The van der Waals surface area contributed by atoms with Crippen LogP contribution in [0.5, 0.6) is 0 Å². The Hall–Kier alpha value is -1.56. The van der Waals surface area contributed by atoms with Gasteiger partial charge >= 0.3 is 6.09 Å². The van der Waals surface area contributed by atoms with Crippen molar-refractivity contribution in [3.05, 3.63) is 35.9 Å². The first-order valence-electron chi connectivity index (χ1n) is 6.24. The molecule has 0 spiro atoms. The van der Waals surface area contributed by atoms with Crippen LogP contribution in [0.15, 0.2) is 30.3 Å². The van der Waals surface area contributed by atoms with Crippen molar-refractivity contribution in [2.75, 3.05) is 5.75 Å². The quantitative estimate of drug-likeness (QED) is 0.781. The van der Waals surface area contributed by atoms with Gasteiger partial charge in [-0.1, -0.05) is 50.1 Å². The molecule has 0 bridgehead atoms. The summed E-state index contributed by atoms with van der Waals surface area (Å²) in [5.41, 5.74) is 0.807. The van der Waals surface area contributed by atoms with E-state index in [1.807, 2.05) is 29.8 Å². The van der Waals surface area contributed by atoms with Crippen LogP contribution in [0.3, 0.4) is 0 Å². The molecular weight excluding hydrogens is 266 g/mol. The predicted octanol–water partition coefficient (Wildman–Crippen LogP) is 2.43. The summed E-state index contributed by atoms with van der Waals surface area (Å²) >= 11 is 0. The largest absolute Gasteiger partial charge is 0.444 e. The second-order valence-electron chi connectivity index (χ2n) is 4.19. The zero-order valence-corrected chi connectivity index (χ0v) is 11.8. The third-order valence-electron chi connectivity index (χ3n) is 2.47. The van der Waals surface area contributed by atoms with Crippen LogP contribution in [-0.4, -0.2) is 20.3 Å². The Kier molecular flexibility index (Phi) is 6.35. The predicted molar refractivity (Wildman–Crippen MR) is 73.1 cm³/mol. The summed E-state index contributed by atoms with van der Waals surface area (Å²) in [6, 6.07) is 9.07. The van der Waals surface area contributed by atoms with Crippen molar-refractivity contribution in [3.63, 3.8) is 0 Å². The molecule has 1 aromatic carbocycles. The van der Waals surface area contributed by atoms with Gasteiger partial charge in [0.15, 0.2) is 0 Å². The van der Waals surface area contributed by atoms with Crippen LogP contribution < -0.4 is 4.72 Å². The van der Waals surface area contributed by atoms with Crippen LogP contribution in [0.1, 0.15) is 31.7 Å². The van der Waals surface area contributed by atoms with Crippen LogP contribution in [-0.2, 0) is 21.4 Å². The number of ether oxygens (including phenoxy) is 1. The Morgan fingerprint density at radius 1 is 1.21 bits per heavy atom. The van der Waals surface area contributed by atoms with Gasteiger partial charge in [0.2, 0.25) is 10.0 Å². The maximum absolute atomic E-state index is 11.5. The van der Waals surface area contributed by atoms with E-state index in [2.05, 4.69) is 0 Å². The number of carbonyl (C=O) groups is 1. The van der Waals surface area contributed by atoms with Gasteiger partial charge in [-0.2, -0.15) is 0 Å². The zero-order valence-electron chi connectivity index (χ0n) is 11.0. The Labute approximate surface area is 114 Å². The van der Waals surface area contributed by atoms with Gasteiger partial charge in [0.1, 0.15) is 6.61 Å². The lowest BCUT2D eigenvalue weighted by molar-refractivity contribution is 0.146. The summed E-state index contributed by atoms with van der Waals surface area (Å²) in [6.07, 6.45) is 1.35. The number of rotatable bonds is 7. The van der Waals surface area contributed by atoms with Crippen LogP contribution in [0.2, 0.25) is 0 Å². The van der Waals surface area contributed by atoms with Gasteiger partial charge in [-0.15, -0.1) is 0 Å². The maximum atomic E-state index is 11.5. The summed E-state index contributed by atoms with van der Waals surface area (Å²) in [5, 5.41) is 0. The highest BCUT2D eigenvalue weighted by molar-refractivity contribution is 7.90. The number of amides is 1. The van der Waals surface area contributed by atoms with E-state index in [0.717, 1.165) is 18.4 Å². The van der Waals surface area contributed by atoms with Crippen molar-refractivity contribution in [2.45, 2.75) is 32.8 Å². The van der Waals surface area contributed by atoms with E-state index in [0.29, 0.717) is 6.42 Å². The molecule has 1 rings (SSSR count). The highest BCUT2D eigenvalue weighted by Gasteiger charge is 2.14. The number of nitrogens with one attached hydrogen (secondary N) is 1. The van der Waals surface area contributed by atoms with Gasteiger partial charge in [-0.3, -0.25) is 0 Å². The molecule has 1 aromatic rings. The summed E-state index contributed by atoms with van der Waals surface area (Å²) in [4.78, 5) is 11.4. The molecule has 0 unspecified atom stereocenters. The summed E-state index contributed by atoms with van der Waals surface area (Å²) < 4.78 is 29.8. The number of benzene rings is 1. The Morgan fingerprint density at radius 2 is 1.89 bits per heavy atom. The molecule has 0 fully saturated rings. The molecule has 0 radical (unpaired) electrons. The summed E-state index contributed by atoms with van der Waals surface area (Å²) in [6.45, 7) is 2.03. The van der Waals surface area contributed by atoms with E-state index in [1.165, 1.54) is 0 Å². The van der Waals surface area contributed by atoms with Crippen LogP contribution >= 0.6 is 0 Å². The van der Waals surface area contributed by atoms with Gasteiger partial charge in [0, 0.05) is 0 Å². The third kappa shape index (κ3) is 6.81. The fourth-order valence-corrected chi connectivity index (χ4v) is 2.47. The van der Waals surface area contributed by atoms with Crippen LogP contribution in [0.25, 0.3) is 0 Å². The molecule has 1 N–H and O–H groups in total. The monoisotopic (exact) mass is 285 g/mol. The fraction of sp³-hybridized carbons (Fsp3) is 0.462. The minimum Gasteiger partial charge on any atom is -0.444 e. The third-order valence-corrected chi connectivity index (χ3v) is 3.77. The van der Waals surface area contributed by atoms with Crippen molar-refractivity contribution in [1.82, 2.24) is 4.72 Å². The minimum atomic E-state index is -3.58. The van der Waals surface area contributed by atoms with E-state index < -0.39 is 16.1 Å². The van der Waals surface area contributed by atoms with Gasteiger partial charge in [-0.05, 0) is 12.0 Å². The molecule has 0 aliphatic rings. The molecule has 1 amide bonds. The average molecular weight is 285 g/mol. The lowest BCUT2D eigenvalue weighted by Gasteiger charge is -2.07. The van der Waals surface area contributed by atoms with Crippen molar-refractivity contribution in [2.24, 2.45) is 0 Å². The highest BCUT2D eigenvalue weighted by Crippen LogP contribution is 2.02. The van der Waals surface area contributed by atoms with Crippen LogP contribution in [0, 0.1) is 0 Å². The van der Waals surface area contributed by atoms with Gasteiger partial charge in [0.25, 0.3) is 0 Å². The SMILES string of the molecule is CCCCCS(=O)(=O)NC(=O)OCc1ccccc1. The normalized spacial score (nSPS) is 11.0. The molecule has 0 atom stereocenters. The van der Waals surface area contributed by atoms with E-state index in [4.69, 9.17) is 4.74 Å². The van der Waals surface area contributed by atoms with Gasteiger partial charge < -0.3 is 4.74 Å². The average Bonchev–Trinajstić information content (AvgIpc) is 2.37. The number of unbranched alkanes of at least 4 members (excludes halogenated alkanes) is 2. The first-order chi connectivity index (χ1) is 9.03. The van der Waals surface area contributed by atoms with Gasteiger partial charge in [-0.25, -0.2) is 17.9 Å². The molecule has 0 saturated heterocycles. The molecule has 0 aromatic heterocycles. The lowest BCUT2D eigenvalue weighted by atomic mass is 10.2. The lowest BCUT2D eigenvalue weighted by Crippen LogP contribution is -2.32. The number of hydrogen-bond donors (Lipinski definition) is 1. The van der Waals surface area contributed by atoms with Crippen molar-refractivity contribution in [1.29, 1.82) is 0 Å². The summed E-state index contributed by atoms with van der Waals surface area (Å²) in [5.74, 6) is -0.0543. The number of sulfonamides is 1. The molecule has 0 aliphatic heterocycles. The van der Waals surface area contributed by atoms with E-state index in [-0.39, 0.29) is 12.4 Å². The summed E-state index contributed by atoms with van der Waals surface area (Å²) in [7, 11) is -3.58. The first kappa shape index (κ1) is 15.5. The second kappa shape index (κ2) is 7.78. The molecule has 0 heterocycles. The molecular formula is C13H19NO4S. The highest BCUT2D eigenvalue weighted by atomic mass is 32.2. The van der Waals surface area contributed by atoms with E-state index in [9.17, 15) is 13.2 Å². The first-order valence-corrected chi connectivity index (χ1v) is 7.90. The van der Waals surface area contributed by atoms with Crippen molar-refractivity contribution < 1.29 is 17.9 Å². The van der Waals surface area contributed by atoms with E-state index in [1.54, 1.807) is 12.1 Å². The molecule has 0 saturated carbocycles. The Morgan fingerprint density at radius 3 is 2.53 bits per heavy atom. The molecule has 106 valence electrons. The molecule has 0 aliphatic carbocycles. The Balaban J connectivity index is 2.34. The molecule has 5 nitrogen and oxygen atoms in total. The van der Waals surface area contributed by atoms with Crippen molar-refractivity contribution in [3.8, 4) is 0 Å². The number of carbonyl (C=O) groups excluding carboxylic acids is 1. The standard InChI is InChI=1S/C13H19NO4S/c1-2-3-7-10-19(16,17)14-13(15)18-11-12-8-5-4-6-9-12/h4-6,8-9H,2-3,7,10-11H2,1H3,(H,14,15). The molecule has 19 heavy (non-hydrogen) atoms. The number of hydrogen-bond acceptors (Lipinski definition) is 4. The van der Waals surface area contributed by atoms with E-state index >= 15 is 0 Å². The zero-order chi connectivity index (χ0) is 14.1.